The van der Waals surface area contributed by atoms with Crippen LogP contribution in [0.2, 0.25) is 0 Å². The SMILES string of the molecule is O=C(NC(C(=O)O)C1CC1)c1csc(-c2ccc([N+](=O)[O-])cc2)n1. The standard InChI is InChI=1S/C15H13N3O5S/c19-13(17-12(15(20)21)8-1-2-8)11-7-24-14(16-11)9-3-5-10(6-4-9)18(22)23/h3-8,12H,1-2H2,(H,17,19)(H,20,21). The minimum absolute atomic E-state index is 0.0146. The summed E-state index contributed by atoms with van der Waals surface area (Å²) in [7, 11) is 0. The highest BCUT2D eigenvalue weighted by Crippen LogP contribution is 2.33. The number of hydrogen-bond donors (Lipinski definition) is 2. The lowest BCUT2D eigenvalue weighted by Gasteiger charge is -2.12. The first-order chi connectivity index (χ1) is 11.5. The molecule has 1 aliphatic carbocycles. The van der Waals surface area contributed by atoms with Gasteiger partial charge in [0.1, 0.15) is 16.7 Å². The number of carbonyl (C=O) groups is 2. The Kier molecular flexibility index (Phi) is 4.26. The summed E-state index contributed by atoms with van der Waals surface area (Å²) < 4.78 is 0. The molecule has 1 saturated carbocycles. The van der Waals surface area contributed by atoms with Crippen molar-refractivity contribution in [2.24, 2.45) is 5.92 Å². The second-order valence-electron chi connectivity index (χ2n) is 5.47. The number of benzene rings is 1. The second kappa shape index (κ2) is 6.36. The number of aromatic nitrogens is 1. The lowest BCUT2D eigenvalue weighted by molar-refractivity contribution is -0.384. The lowest BCUT2D eigenvalue weighted by Crippen LogP contribution is -2.42. The van der Waals surface area contributed by atoms with Crippen LogP contribution in [0.15, 0.2) is 29.6 Å². The normalized spacial score (nSPS) is 14.8. The summed E-state index contributed by atoms with van der Waals surface area (Å²) in [5, 5.41) is 24.4. The van der Waals surface area contributed by atoms with Crippen LogP contribution in [-0.4, -0.2) is 32.9 Å². The predicted molar refractivity (Wildman–Crippen MR) is 85.8 cm³/mol. The monoisotopic (exact) mass is 347 g/mol. The maximum atomic E-state index is 12.2. The Bertz CT molecular complexity index is 798. The summed E-state index contributed by atoms with van der Waals surface area (Å²) in [6.07, 6.45) is 1.59. The van der Waals surface area contributed by atoms with E-state index < -0.39 is 22.8 Å². The van der Waals surface area contributed by atoms with E-state index in [0.29, 0.717) is 10.6 Å². The van der Waals surface area contributed by atoms with Crippen molar-refractivity contribution in [2.45, 2.75) is 18.9 Å². The number of non-ortho nitro benzene ring substituents is 1. The molecule has 1 fully saturated rings. The molecule has 124 valence electrons. The van der Waals surface area contributed by atoms with Gasteiger partial charge in [-0.2, -0.15) is 0 Å². The van der Waals surface area contributed by atoms with Crippen molar-refractivity contribution < 1.29 is 19.6 Å². The minimum Gasteiger partial charge on any atom is -0.480 e. The summed E-state index contributed by atoms with van der Waals surface area (Å²) in [4.78, 5) is 37.7. The van der Waals surface area contributed by atoms with Gasteiger partial charge in [0, 0.05) is 23.1 Å². The Morgan fingerprint density at radius 1 is 1.33 bits per heavy atom. The van der Waals surface area contributed by atoms with Crippen molar-refractivity contribution >= 4 is 28.9 Å². The van der Waals surface area contributed by atoms with Crippen LogP contribution in [0.25, 0.3) is 10.6 Å². The number of amides is 1. The molecule has 1 aliphatic rings. The summed E-state index contributed by atoms with van der Waals surface area (Å²) in [6.45, 7) is 0. The van der Waals surface area contributed by atoms with Gasteiger partial charge in [-0.15, -0.1) is 11.3 Å². The van der Waals surface area contributed by atoms with Crippen LogP contribution in [0.1, 0.15) is 23.3 Å². The Hall–Kier alpha value is -2.81. The molecular formula is C15H13N3O5S. The largest absolute Gasteiger partial charge is 0.480 e. The van der Waals surface area contributed by atoms with Gasteiger partial charge in [-0.05, 0) is 30.9 Å². The third-order valence-electron chi connectivity index (χ3n) is 3.71. The van der Waals surface area contributed by atoms with Gasteiger partial charge in [-0.25, -0.2) is 9.78 Å². The van der Waals surface area contributed by atoms with Crippen LogP contribution in [-0.2, 0) is 4.79 Å². The molecule has 0 spiro atoms. The van der Waals surface area contributed by atoms with E-state index in [9.17, 15) is 19.7 Å². The van der Waals surface area contributed by atoms with Crippen LogP contribution in [0.4, 0.5) is 5.69 Å². The predicted octanol–water partition coefficient (Wildman–Crippen LogP) is 2.31. The van der Waals surface area contributed by atoms with E-state index >= 15 is 0 Å². The first-order valence-electron chi connectivity index (χ1n) is 7.19. The Labute approximate surface area is 140 Å². The van der Waals surface area contributed by atoms with Gasteiger partial charge < -0.3 is 10.4 Å². The van der Waals surface area contributed by atoms with Crippen molar-refractivity contribution in [3.8, 4) is 10.6 Å². The van der Waals surface area contributed by atoms with E-state index in [1.807, 2.05) is 0 Å². The number of nitrogens with one attached hydrogen (secondary N) is 1. The number of carboxylic acid groups (broad SMARTS) is 1. The lowest BCUT2D eigenvalue weighted by atomic mass is 10.2. The topological polar surface area (TPSA) is 122 Å². The molecule has 0 bridgehead atoms. The van der Waals surface area contributed by atoms with Crippen molar-refractivity contribution in [3.63, 3.8) is 0 Å². The average molecular weight is 347 g/mol. The number of aliphatic carboxylic acids is 1. The van der Waals surface area contributed by atoms with Gasteiger partial charge in [0.25, 0.3) is 11.6 Å². The third-order valence-corrected chi connectivity index (χ3v) is 4.60. The molecule has 1 unspecified atom stereocenters. The number of nitrogens with zero attached hydrogens (tertiary/aromatic N) is 2. The molecule has 2 N–H and O–H groups in total. The van der Waals surface area contributed by atoms with Crippen LogP contribution < -0.4 is 5.32 Å². The Balaban J connectivity index is 1.73. The quantitative estimate of drug-likeness (QED) is 0.610. The van der Waals surface area contributed by atoms with Gasteiger partial charge in [0.15, 0.2) is 0 Å². The molecule has 0 radical (unpaired) electrons. The zero-order chi connectivity index (χ0) is 17.3. The average Bonchev–Trinajstić information content (AvgIpc) is 3.27. The molecule has 8 nitrogen and oxygen atoms in total. The highest BCUT2D eigenvalue weighted by atomic mass is 32.1. The summed E-state index contributed by atoms with van der Waals surface area (Å²) in [5.74, 6) is -1.59. The fourth-order valence-corrected chi connectivity index (χ4v) is 3.07. The summed E-state index contributed by atoms with van der Waals surface area (Å²) >= 11 is 1.22. The maximum Gasteiger partial charge on any atom is 0.326 e. The van der Waals surface area contributed by atoms with E-state index in [4.69, 9.17) is 5.11 Å². The maximum absolute atomic E-state index is 12.2. The molecule has 1 heterocycles. The van der Waals surface area contributed by atoms with Gasteiger partial charge in [0.2, 0.25) is 0 Å². The van der Waals surface area contributed by atoms with E-state index in [1.54, 1.807) is 12.1 Å². The fourth-order valence-electron chi connectivity index (χ4n) is 2.26. The summed E-state index contributed by atoms with van der Waals surface area (Å²) in [5.41, 5.74) is 0.767. The number of carboxylic acids is 1. The van der Waals surface area contributed by atoms with E-state index in [-0.39, 0.29) is 17.3 Å². The molecule has 2 aromatic rings. The zero-order valence-corrected chi connectivity index (χ0v) is 13.2. The second-order valence-corrected chi connectivity index (χ2v) is 6.33. The molecule has 0 aliphatic heterocycles. The Morgan fingerprint density at radius 2 is 2.00 bits per heavy atom. The molecule has 3 rings (SSSR count). The molecule has 0 saturated heterocycles. The van der Waals surface area contributed by atoms with Gasteiger partial charge in [-0.1, -0.05) is 0 Å². The zero-order valence-electron chi connectivity index (χ0n) is 12.3. The van der Waals surface area contributed by atoms with E-state index in [1.165, 1.54) is 28.8 Å². The van der Waals surface area contributed by atoms with Crippen LogP contribution in [0.5, 0.6) is 0 Å². The molecule has 1 aromatic heterocycles. The first kappa shape index (κ1) is 16.1. The molecule has 9 heteroatoms. The van der Waals surface area contributed by atoms with Crippen LogP contribution in [0.3, 0.4) is 0 Å². The number of nitro benzene ring substituents is 1. The molecule has 24 heavy (non-hydrogen) atoms. The minimum atomic E-state index is -1.04. The number of hydrogen-bond acceptors (Lipinski definition) is 6. The number of carbonyl (C=O) groups excluding carboxylic acids is 1. The molecule has 1 amide bonds. The summed E-state index contributed by atoms with van der Waals surface area (Å²) in [6, 6.07) is 4.96. The smallest absolute Gasteiger partial charge is 0.326 e. The van der Waals surface area contributed by atoms with Gasteiger partial charge in [-0.3, -0.25) is 14.9 Å². The van der Waals surface area contributed by atoms with Crippen LogP contribution >= 0.6 is 11.3 Å². The van der Waals surface area contributed by atoms with Crippen molar-refractivity contribution in [2.75, 3.05) is 0 Å². The van der Waals surface area contributed by atoms with Crippen LogP contribution in [0, 0.1) is 16.0 Å². The number of rotatable bonds is 6. The molecule has 1 aromatic carbocycles. The highest BCUT2D eigenvalue weighted by molar-refractivity contribution is 7.13. The van der Waals surface area contributed by atoms with Gasteiger partial charge >= 0.3 is 5.97 Å². The van der Waals surface area contributed by atoms with E-state index in [0.717, 1.165) is 12.8 Å². The third kappa shape index (κ3) is 3.40. The number of thiazole rings is 1. The number of nitro groups is 1. The highest BCUT2D eigenvalue weighted by Gasteiger charge is 2.37. The Morgan fingerprint density at radius 3 is 2.54 bits per heavy atom. The van der Waals surface area contributed by atoms with Gasteiger partial charge in [0.05, 0.1) is 4.92 Å². The van der Waals surface area contributed by atoms with Crippen molar-refractivity contribution in [1.29, 1.82) is 0 Å². The van der Waals surface area contributed by atoms with E-state index in [2.05, 4.69) is 10.3 Å². The first-order valence-corrected chi connectivity index (χ1v) is 8.07. The molecular weight excluding hydrogens is 334 g/mol. The fraction of sp³-hybridized carbons (Fsp3) is 0.267. The van der Waals surface area contributed by atoms with Crippen molar-refractivity contribution in [1.82, 2.24) is 10.3 Å². The van der Waals surface area contributed by atoms with Crippen molar-refractivity contribution in [3.05, 3.63) is 45.5 Å². The molecule has 1 atom stereocenters.